The Balaban J connectivity index is 0.00000133. The van der Waals surface area contributed by atoms with Gasteiger partial charge in [0.1, 0.15) is 5.82 Å². The minimum Gasteiger partial charge on any atom is -0.377 e. The molecule has 5 nitrogen and oxygen atoms in total. The Morgan fingerprint density at radius 2 is 1.74 bits per heavy atom. The van der Waals surface area contributed by atoms with Crippen molar-refractivity contribution in [2.24, 2.45) is 0 Å². The van der Waals surface area contributed by atoms with Gasteiger partial charge in [0.25, 0.3) is 5.91 Å². The Morgan fingerprint density at radius 1 is 1.06 bits per heavy atom. The summed E-state index contributed by atoms with van der Waals surface area (Å²) in [5, 5.41) is 5.04. The number of piperidine rings is 1. The highest BCUT2D eigenvalue weighted by molar-refractivity contribution is 6.05. The van der Waals surface area contributed by atoms with E-state index in [0.717, 1.165) is 6.07 Å². The number of benzene rings is 2. The van der Waals surface area contributed by atoms with Gasteiger partial charge in [-0.15, -0.1) is 0 Å². The number of likely N-dealkylation sites (tertiary alicyclic amines) is 1. The molecule has 0 bridgehead atoms. The van der Waals surface area contributed by atoms with Crippen molar-refractivity contribution in [1.29, 1.82) is 0 Å². The van der Waals surface area contributed by atoms with Crippen molar-refractivity contribution in [2.75, 3.05) is 26.3 Å². The first-order chi connectivity index (χ1) is 16.3. The molecule has 1 amide bonds. The Morgan fingerprint density at radius 3 is 2.35 bits per heavy atom. The maximum absolute atomic E-state index is 13.8. The van der Waals surface area contributed by atoms with Crippen LogP contribution < -0.4 is 0 Å². The second-order valence-electron chi connectivity index (χ2n) is 8.30. The smallest absolute Gasteiger partial charge is 0.377 e. The third kappa shape index (κ3) is 4.53. The molecular weight excluding hydrogens is 450 g/mol. The molecule has 182 valence electrons. The summed E-state index contributed by atoms with van der Waals surface area (Å²) in [6, 6.07) is 9.79. The normalized spacial score (nSPS) is 17.3. The van der Waals surface area contributed by atoms with Crippen LogP contribution in [0, 0.1) is 5.82 Å². The predicted molar refractivity (Wildman–Crippen MR) is 120 cm³/mol. The number of ether oxygens (including phenoxy) is 1. The molecule has 0 aliphatic carbocycles. The van der Waals surface area contributed by atoms with Crippen molar-refractivity contribution in [1.82, 2.24) is 14.7 Å². The standard InChI is InChI=1S/C23H21F4N3O2.C2H6/c24-15-5-6-18-20(11-15)30(16-12-32-13-16)28-21(18)22(31)29-9-7-14(8-10-29)17-3-1-2-4-19(17)23(25,26)27;1-2/h1-6,11,14,16H,7-10,12-13H2;1-2H3. The molecule has 0 radical (unpaired) electrons. The maximum atomic E-state index is 13.8. The van der Waals surface area contributed by atoms with Crippen LogP contribution in [0.15, 0.2) is 42.5 Å². The molecule has 0 unspecified atom stereocenters. The van der Waals surface area contributed by atoms with Gasteiger partial charge in [-0.3, -0.25) is 9.48 Å². The quantitative estimate of drug-likeness (QED) is 0.447. The zero-order valence-electron chi connectivity index (χ0n) is 19.1. The summed E-state index contributed by atoms with van der Waals surface area (Å²) in [7, 11) is 0. The lowest BCUT2D eigenvalue weighted by Gasteiger charge is -2.33. The maximum Gasteiger partial charge on any atom is 0.416 e. The number of hydrogen-bond acceptors (Lipinski definition) is 3. The molecule has 0 saturated carbocycles. The second-order valence-corrected chi connectivity index (χ2v) is 8.30. The van der Waals surface area contributed by atoms with Crippen LogP contribution in [0.2, 0.25) is 0 Å². The van der Waals surface area contributed by atoms with Gasteiger partial charge in [0.05, 0.1) is 30.3 Å². The second kappa shape index (κ2) is 9.74. The number of halogens is 4. The van der Waals surface area contributed by atoms with E-state index in [2.05, 4.69) is 5.10 Å². The fraction of sp³-hybridized carbons (Fsp3) is 0.440. The summed E-state index contributed by atoms with van der Waals surface area (Å²) in [4.78, 5) is 14.9. The Kier molecular flexibility index (Phi) is 6.93. The molecule has 2 aliphatic rings. The summed E-state index contributed by atoms with van der Waals surface area (Å²) in [5.41, 5.74) is 0.443. The first kappa shape index (κ1) is 24.2. The van der Waals surface area contributed by atoms with E-state index < -0.39 is 17.6 Å². The number of carbonyl (C=O) groups excluding carboxylic acids is 1. The zero-order chi connectivity index (χ0) is 24.5. The van der Waals surface area contributed by atoms with E-state index in [1.807, 2.05) is 13.8 Å². The van der Waals surface area contributed by atoms with Crippen molar-refractivity contribution in [2.45, 2.75) is 44.8 Å². The summed E-state index contributed by atoms with van der Waals surface area (Å²) in [6.07, 6.45) is -3.54. The molecule has 2 aliphatic heterocycles. The number of nitrogens with zero attached hydrogens (tertiary/aromatic N) is 3. The number of fused-ring (bicyclic) bond motifs is 1. The summed E-state index contributed by atoms with van der Waals surface area (Å²) in [5.74, 6) is -0.974. The van der Waals surface area contributed by atoms with Gasteiger partial charge in [-0.25, -0.2) is 4.39 Å². The topological polar surface area (TPSA) is 47.4 Å². The van der Waals surface area contributed by atoms with Gasteiger partial charge in [0.2, 0.25) is 0 Å². The highest BCUT2D eigenvalue weighted by Crippen LogP contribution is 2.39. The number of rotatable bonds is 3. The lowest BCUT2D eigenvalue weighted by Crippen LogP contribution is -2.38. The lowest BCUT2D eigenvalue weighted by molar-refractivity contribution is -0.138. The first-order valence-corrected chi connectivity index (χ1v) is 11.5. The minimum absolute atomic E-state index is 0.0505. The molecule has 2 aromatic carbocycles. The van der Waals surface area contributed by atoms with Crippen LogP contribution >= 0.6 is 0 Å². The van der Waals surface area contributed by atoms with Crippen LogP contribution in [0.3, 0.4) is 0 Å². The molecule has 1 aromatic heterocycles. The highest BCUT2D eigenvalue weighted by Gasteiger charge is 2.36. The lowest BCUT2D eigenvalue weighted by atomic mass is 9.86. The van der Waals surface area contributed by atoms with Crippen molar-refractivity contribution in [3.05, 3.63) is 65.1 Å². The van der Waals surface area contributed by atoms with Crippen LogP contribution in [0.5, 0.6) is 0 Å². The van der Waals surface area contributed by atoms with Crippen LogP contribution in [-0.2, 0) is 10.9 Å². The Hall–Kier alpha value is -2.94. The van der Waals surface area contributed by atoms with Crippen LogP contribution in [0.1, 0.15) is 60.3 Å². The summed E-state index contributed by atoms with van der Waals surface area (Å²) in [6.45, 7) is 5.56. The molecule has 0 atom stereocenters. The number of aromatic nitrogens is 2. The first-order valence-electron chi connectivity index (χ1n) is 11.5. The molecule has 0 spiro atoms. The van der Waals surface area contributed by atoms with Gasteiger partial charge in [-0.1, -0.05) is 32.0 Å². The SMILES string of the molecule is CC.O=C(c1nn(C2COC2)c2cc(F)ccc12)N1CCC(c2ccccc2C(F)(F)F)CC1. The fourth-order valence-electron chi connectivity index (χ4n) is 4.57. The fourth-order valence-corrected chi connectivity index (χ4v) is 4.57. The van der Waals surface area contributed by atoms with Gasteiger partial charge in [-0.05, 0) is 48.6 Å². The highest BCUT2D eigenvalue weighted by atomic mass is 19.4. The Labute approximate surface area is 195 Å². The molecule has 2 fully saturated rings. The van der Waals surface area contributed by atoms with Crippen LogP contribution in [0.25, 0.3) is 10.9 Å². The van der Waals surface area contributed by atoms with E-state index in [1.165, 1.54) is 24.3 Å². The number of hydrogen-bond donors (Lipinski definition) is 0. The largest absolute Gasteiger partial charge is 0.416 e. The molecule has 3 heterocycles. The number of alkyl halides is 3. The van der Waals surface area contributed by atoms with Gasteiger partial charge >= 0.3 is 6.18 Å². The van der Waals surface area contributed by atoms with Crippen molar-refractivity contribution in [3.63, 3.8) is 0 Å². The third-order valence-electron chi connectivity index (χ3n) is 6.33. The summed E-state index contributed by atoms with van der Waals surface area (Å²) < 4.78 is 60.9. The molecule has 9 heteroatoms. The minimum atomic E-state index is -4.41. The van der Waals surface area contributed by atoms with Gasteiger partial charge in [0, 0.05) is 18.5 Å². The van der Waals surface area contributed by atoms with Crippen molar-refractivity contribution >= 4 is 16.8 Å². The molecule has 3 aromatic rings. The van der Waals surface area contributed by atoms with Gasteiger partial charge in [0.15, 0.2) is 5.69 Å². The van der Waals surface area contributed by atoms with E-state index in [-0.39, 0.29) is 29.1 Å². The predicted octanol–water partition coefficient (Wildman–Crippen LogP) is 5.81. The number of amides is 1. The van der Waals surface area contributed by atoms with Gasteiger partial charge in [-0.2, -0.15) is 18.3 Å². The molecule has 0 N–H and O–H groups in total. The van der Waals surface area contributed by atoms with Crippen LogP contribution in [0.4, 0.5) is 17.6 Å². The number of carbonyl (C=O) groups is 1. The monoisotopic (exact) mass is 477 g/mol. The van der Waals surface area contributed by atoms with E-state index in [9.17, 15) is 22.4 Å². The average molecular weight is 478 g/mol. The molecule has 34 heavy (non-hydrogen) atoms. The molecular formula is C25H27F4N3O2. The third-order valence-corrected chi connectivity index (χ3v) is 6.33. The van der Waals surface area contributed by atoms with Gasteiger partial charge < -0.3 is 9.64 Å². The average Bonchev–Trinajstić information content (AvgIpc) is 3.16. The molecule has 2 saturated heterocycles. The van der Waals surface area contributed by atoms with E-state index in [4.69, 9.17) is 4.74 Å². The van der Waals surface area contributed by atoms with Crippen molar-refractivity contribution in [3.8, 4) is 0 Å². The Bertz CT molecular complexity index is 1160. The summed E-state index contributed by atoms with van der Waals surface area (Å²) >= 11 is 0. The van der Waals surface area contributed by atoms with E-state index in [0.29, 0.717) is 50.0 Å². The van der Waals surface area contributed by atoms with E-state index >= 15 is 0 Å². The van der Waals surface area contributed by atoms with Crippen molar-refractivity contribution < 1.29 is 27.1 Å². The zero-order valence-corrected chi connectivity index (χ0v) is 19.1. The van der Waals surface area contributed by atoms with E-state index in [1.54, 1.807) is 21.7 Å². The molecule has 5 rings (SSSR count). The van der Waals surface area contributed by atoms with Crippen LogP contribution in [-0.4, -0.2) is 46.9 Å².